The van der Waals surface area contributed by atoms with Gasteiger partial charge in [-0.2, -0.15) is 0 Å². The predicted octanol–water partition coefficient (Wildman–Crippen LogP) is 7.48. The Morgan fingerprint density at radius 2 is 1.66 bits per heavy atom. The number of fused-ring (bicyclic) bond motifs is 1. The fourth-order valence-corrected chi connectivity index (χ4v) is 3.65. The number of hydrogen-bond donors (Lipinski definition) is 1. The van der Waals surface area contributed by atoms with Crippen molar-refractivity contribution in [1.82, 2.24) is 0 Å². The summed E-state index contributed by atoms with van der Waals surface area (Å²) >= 11 is 12.3. The number of nitrogens with one attached hydrogen (secondary N) is 1. The van der Waals surface area contributed by atoms with Crippen LogP contribution < -0.4 is 10.1 Å². The van der Waals surface area contributed by atoms with E-state index in [9.17, 15) is 4.39 Å². The highest BCUT2D eigenvalue weighted by Crippen LogP contribution is 2.30. The van der Waals surface area contributed by atoms with E-state index < -0.39 is 0 Å². The molecule has 0 fully saturated rings. The monoisotopic (exact) mass is 425 g/mol. The van der Waals surface area contributed by atoms with Gasteiger partial charge in [0.2, 0.25) is 0 Å². The van der Waals surface area contributed by atoms with Crippen LogP contribution in [-0.4, -0.2) is 0 Å². The van der Waals surface area contributed by atoms with Gasteiger partial charge in [-0.3, -0.25) is 0 Å². The Bertz CT molecular complexity index is 1150. The Morgan fingerprint density at radius 1 is 0.862 bits per heavy atom. The third-order valence-corrected chi connectivity index (χ3v) is 5.30. The highest BCUT2D eigenvalue weighted by Gasteiger charge is 2.11. The molecule has 0 heterocycles. The average Bonchev–Trinajstić information content (AvgIpc) is 2.73. The first kappa shape index (κ1) is 19.6. The van der Waals surface area contributed by atoms with Crippen LogP contribution in [0.2, 0.25) is 10.0 Å². The maximum absolute atomic E-state index is 13.2. The molecule has 0 aromatic heterocycles. The smallest absolute Gasteiger partial charge is 0.125 e. The molecule has 29 heavy (non-hydrogen) atoms. The number of anilines is 1. The molecule has 5 heteroatoms. The van der Waals surface area contributed by atoms with Crippen molar-refractivity contribution in [1.29, 1.82) is 0 Å². The van der Waals surface area contributed by atoms with Gasteiger partial charge in [-0.1, -0.05) is 59.6 Å². The lowest BCUT2D eigenvalue weighted by Crippen LogP contribution is -2.05. The van der Waals surface area contributed by atoms with E-state index in [-0.39, 0.29) is 5.82 Å². The van der Waals surface area contributed by atoms with Crippen LogP contribution in [-0.2, 0) is 13.2 Å². The molecule has 2 nitrogen and oxygen atoms in total. The molecule has 0 amide bonds. The van der Waals surface area contributed by atoms with Crippen molar-refractivity contribution in [2.75, 3.05) is 5.32 Å². The van der Waals surface area contributed by atoms with Crippen LogP contribution in [0.5, 0.6) is 5.75 Å². The Balaban J connectivity index is 1.62. The van der Waals surface area contributed by atoms with Gasteiger partial charge >= 0.3 is 0 Å². The summed E-state index contributed by atoms with van der Waals surface area (Å²) in [7, 11) is 0. The summed E-state index contributed by atoms with van der Waals surface area (Å²) in [6, 6.07) is 23.8. The minimum atomic E-state index is -0.260. The van der Waals surface area contributed by atoms with E-state index in [1.54, 1.807) is 24.3 Å². The normalized spacial score (nSPS) is 10.9. The minimum Gasteiger partial charge on any atom is -0.488 e. The van der Waals surface area contributed by atoms with E-state index in [1.807, 2.05) is 30.3 Å². The van der Waals surface area contributed by atoms with Crippen LogP contribution in [0.3, 0.4) is 0 Å². The van der Waals surface area contributed by atoms with E-state index in [1.165, 1.54) is 12.1 Å². The molecule has 0 saturated carbocycles. The highest BCUT2D eigenvalue weighted by molar-refractivity contribution is 6.35. The van der Waals surface area contributed by atoms with Crippen molar-refractivity contribution in [3.05, 3.63) is 106 Å². The van der Waals surface area contributed by atoms with Crippen molar-refractivity contribution >= 4 is 39.7 Å². The molecule has 0 unspecified atom stereocenters. The molecule has 4 aromatic carbocycles. The van der Waals surface area contributed by atoms with E-state index in [0.29, 0.717) is 23.2 Å². The lowest BCUT2D eigenvalue weighted by molar-refractivity contribution is 0.304. The van der Waals surface area contributed by atoms with Crippen LogP contribution in [0.4, 0.5) is 10.1 Å². The van der Waals surface area contributed by atoms with Gasteiger partial charge < -0.3 is 10.1 Å². The highest BCUT2D eigenvalue weighted by atomic mass is 35.5. The lowest BCUT2D eigenvalue weighted by atomic mass is 10.0. The quantitative estimate of drug-likeness (QED) is 0.345. The van der Waals surface area contributed by atoms with Gasteiger partial charge in [0.1, 0.15) is 18.2 Å². The van der Waals surface area contributed by atoms with Crippen LogP contribution in [0.25, 0.3) is 10.8 Å². The van der Waals surface area contributed by atoms with Crippen LogP contribution >= 0.6 is 23.2 Å². The average molecular weight is 426 g/mol. The lowest BCUT2D eigenvalue weighted by Gasteiger charge is -2.16. The second-order valence-corrected chi connectivity index (χ2v) is 7.49. The first-order valence-electron chi connectivity index (χ1n) is 9.17. The third kappa shape index (κ3) is 4.64. The molecule has 4 aromatic rings. The van der Waals surface area contributed by atoms with Crippen LogP contribution in [0.1, 0.15) is 11.1 Å². The molecule has 0 saturated heterocycles. The molecular weight excluding hydrogens is 408 g/mol. The summed E-state index contributed by atoms with van der Waals surface area (Å²) in [6.45, 7) is 0.870. The molecular formula is C24H18Cl2FNO. The summed E-state index contributed by atoms with van der Waals surface area (Å²) < 4.78 is 19.3. The largest absolute Gasteiger partial charge is 0.488 e. The molecule has 0 aliphatic heterocycles. The first-order chi connectivity index (χ1) is 14.1. The molecule has 0 atom stereocenters. The number of halogens is 3. The summed E-state index contributed by atoms with van der Waals surface area (Å²) in [5, 5.41) is 6.74. The predicted molar refractivity (Wildman–Crippen MR) is 118 cm³/mol. The van der Waals surface area contributed by atoms with Crippen molar-refractivity contribution in [3.63, 3.8) is 0 Å². The Morgan fingerprint density at radius 3 is 2.45 bits per heavy atom. The summed E-state index contributed by atoms with van der Waals surface area (Å²) in [5.41, 5.74) is 2.73. The zero-order chi connectivity index (χ0) is 20.2. The van der Waals surface area contributed by atoms with Crippen molar-refractivity contribution in [2.24, 2.45) is 0 Å². The number of ether oxygens (including phenoxy) is 1. The summed E-state index contributed by atoms with van der Waals surface area (Å²) in [5.74, 6) is 0.508. The Labute approximate surface area is 178 Å². The molecule has 146 valence electrons. The zero-order valence-electron chi connectivity index (χ0n) is 15.5. The number of hydrogen-bond acceptors (Lipinski definition) is 2. The molecule has 0 bridgehead atoms. The zero-order valence-corrected chi connectivity index (χ0v) is 17.0. The fourth-order valence-electron chi connectivity index (χ4n) is 3.19. The van der Waals surface area contributed by atoms with Gasteiger partial charge in [0.05, 0.1) is 0 Å². The second kappa shape index (κ2) is 8.73. The van der Waals surface area contributed by atoms with Gasteiger partial charge in [0.15, 0.2) is 0 Å². The van der Waals surface area contributed by atoms with Crippen molar-refractivity contribution in [3.8, 4) is 5.75 Å². The minimum absolute atomic E-state index is 0.260. The molecule has 0 radical (unpaired) electrons. The fraction of sp³-hybridized carbons (Fsp3) is 0.0833. The SMILES string of the molecule is Fc1ccc(NCc2c(OCc3ccc(Cl)cc3Cl)ccc3ccccc23)cc1. The first-order valence-corrected chi connectivity index (χ1v) is 9.92. The Hall–Kier alpha value is -2.75. The van der Waals surface area contributed by atoms with E-state index >= 15 is 0 Å². The molecule has 4 rings (SSSR count). The summed E-state index contributed by atoms with van der Waals surface area (Å²) in [6.07, 6.45) is 0. The van der Waals surface area contributed by atoms with E-state index in [0.717, 1.165) is 33.3 Å². The number of rotatable bonds is 6. The molecule has 0 aliphatic rings. The van der Waals surface area contributed by atoms with Crippen molar-refractivity contribution in [2.45, 2.75) is 13.2 Å². The van der Waals surface area contributed by atoms with Gasteiger partial charge in [0.25, 0.3) is 0 Å². The summed E-state index contributed by atoms with van der Waals surface area (Å²) in [4.78, 5) is 0. The van der Waals surface area contributed by atoms with Gasteiger partial charge in [0, 0.05) is 33.4 Å². The maximum atomic E-state index is 13.2. The van der Waals surface area contributed by atoms with Crippen molar-refractivity contribution < 1.29 is 9.13 Å². The second-order valence-electron chi connectivity index (χ2n) is 6.65. The Kier molecular flexibility index (Phi) is 5.89. The van der Waals surface area contributed by atoms with E-state index in [4.69, 9.17) is 27.9 Å². The molecule has 0 aliphatic carbocycles. The van der Waals surface area contributed by atoms with Gasteiger partial charge in [-0.25, -0.2) is 4.39 Å². The molecule has 1 N–H and O–H groups in total. The van der Waals surface area contributed by atoms with Crippen LogP contribution in [0, 0.1) is 5.82 Å². The third-order valence-electron chi connectivity index (χ3n) is 4.71. The number of benzene rings is 4. The van der Waals surface area contributed by atoms with Gasteiger partial charge in [-0.15, -0.1) is 0 Å². The van der Waals surface area contributed by atoms with E-state index in [2.05, 4.69) is 17.4 Å². The standard InChI is InChI=1S/C24H18Cl2FNO/c25-18-7-5-17(23(26)13-18)15-29-24-12-6-16-3-1-2-4-21(16)22(24)14-28-20-10-8-19(27)9-11-20/h1-13,28H,14-15H2. The topological polar surface area (TPSA) is 21.3 Å². The van der Waals surface area contributed by atoms with Crippen LogP contribution in [0.15, 0.2) is 78.9 Å². The van der Waals surface area contributed by atoms with Gasteiger partial charge in [-0.05, 0) is 53.2 Å². The maximum Gasteiger partial charge on any atom is 0.125 e. The molecule has 0 spiro atoms.